The Bertz CT molecular complexity index is 690. The van der Waals surface area contributed by atoms with Gasteiger partial charge in [0.1, 0.15) is 10.7 Å². The molecule has 0 fully saturated rings. The standard InChI is InChI=1S/C16H14ClNOS2/c17-11-5-6-13(16(18)20)14(7-11)19-8-10-9-21-15-4-2-1-3-12(10)15/h1-7,10H,8-9H2,(H2,18,20). The number of rotatable bonds is 4. The van der Waals surface area contributed by atoms with Crippen LogP contribution < -0.4 is 10.5 Å². The molecule has 5 heteroatoms. The van der Waals surface area contributed by atoms with E-state index < -0.39 is 0 Å². The van der Waals surface area contributed by atoms with E-state index in [1.54, 1.807) is 18.2 Å². The molecule has 2 aromatic carbocycles. The van der Waals surface area contributed by atoms with Crippen LogP contribution in [-0.2, 0) is 0 Å². The normalized spacial score (nSPS) is 16.5. The fourth-order valence-corrected chi connectivity index (χ4v) is 3.94. The van der Waals surface area contributed by atoms with E-state index in [1.165, 1.54) is 10.5 Å². The van der Waals surface area contributed by atoms with Gasteiger partial charge in [-0.15, -0.1) is 11.8 Å². The first kappa shape index (κ1) is 14.7. The number of nitrogens with two attached hydrogens (primary N) is 1. The summed E-state index contributed by atoms with van der Waals surface area (Å²) >= 11 is 13.0. The zero-order valence-corrected chi connectivity index (χ0v) is 13.6. The minimum atomic E-state index is 0.322. The average molecular weight is 336 g/mol. The maximum Gasteiger partial charge on any atom is 0.130 e. The van der Waals surface area contributed by atoms with Gasteiger partial charge < -0.3 is 10.5 Å². The molecule has 1 heterocycles. The van der Waals surface area contributed by atoms with Crippen molar-refractivity contribution in [1.82, 2.24) is 0 Å². The van der Waals surface area contributed by atoms with Crippen LogP contribution in [0.2, 0.25) is 5.02 Å². The molecule has 108 valence electrons. The first-order valence-corrected chi connectivity index (χ1v) is 8.36. The predicted molar refractivity (Wildman–Crippen MR) is 92.7 cm³/mol. The van der Waals surface area contributed by atoms with E-state index in [1.807, 2.05) is 11.8 Å². The van der Waals surface area contributed by atoms with Gasteiger partial charge in [0.25, 0.3) is 0 Å². The fourth-order valence-electron chi connectivity index (χ4n) is 2.38. The summed E-state index contributed by atoms with van der Waals surface area (Å²) in [5.41, 5.74) is 7.81. The Morgan fingerprint density at radius 3 is 2.95 bits per heavy atom. The maximum atomic E-state index is 6.03. The van der Waals surface area contributed by atoms with Crippen molar-refractivity contribution in [2.24, 2.45) is 5.73 Å². The number of benzene rings is 2. The molecule has 1 atom stereocenters. The van der Waals surface area contributed by atoms with Crippen LogP contribution in [0.5, 0.6) is 5.75 Å². The Balaban J connectivity index is 1.77. The Hall–Kier alpha value is -1.23. The fraction of sp³-hybridized carbons (Fsp3) is 0.188. The monoisotopic (exact) mass is 335 g/mol. The molecular weight excluding hydrogens is 322 g/mol. The molecular formula is C16H14ClNOS2. The summed E-state index contributed by atoms with van der Waals surface area (Å²) in [5.74, 6) is 2.07. The van der Waals surface area contributed by atoms with E-state index in [-0.39, 0.29) is 0 Å². The third kappa shape index (κ3) is 3.18. The predicted octanol–water partition coefficient (Wildman–Crippen LogP) is 4.24. The molecule has 0 spiro atoms. The molecule has 0 amide bonds. The molecule has 0 aromatic heterocycles. The first-order chi connectivity index (χ1) is 10.1. The highest BCUT2D eigenvalue weighted by Crippen LogP contribution is 2.39. The van der Waals surface area contributed by atoms with Gasteiger partial charge in [0.15, 0.2) is 0 Å². The highest BCUT2D eigenvalue weighted by atomic mass is 35.5. The van der Waals surface area contributed by atoms with Crippen molar-refractivity contribution < 1.29 is 4.74 Å². The van der Waals surface area contributed by atoms with E-state index in [0.29, 0.717) is 28.3 Å². The molecule has 0 bridgehead atoms. The van der Waals surface area contributed by atoms with Crippen LogP contribution in [-0.4, -0.2) is 17.3 Å². The quantitative estimate of drug-likeness (QED) is 0.847. The Morgan fingerprint density at radius 1 is 1.33 bits per heavy atom. The molecule has 3 rings (SSSR count). The average Bonchev–Trinajstić information content (AvgIpc) is 2.88. The molecule has 2 nitrogen and oxygen atoms in total. The number of thiocarbonyl (C=S) groups is 1. The smallest absolute Gasteiger partial charge is 0.130 e. The number of hydrogen-bond donors (Lipinski definition) is 1. The largest absolute Gasteiger partial charge is 0.492 e. The summed E-state index contributed by atoms with van der Waals surface area (Å²) in [7, 11) is 0. The van der Waals surface area contributed by atoms with E-state index in [9.17, 15) is 0 Å². The second kappa shape index (κ2) is 6.26. The van der Waals surface area contributed by atoms with Crippen molar-refractivity contribution in [2.75, 3.05) is 12.4 Å². The van der Waals surface area contributed by atoms with Gasteiger partial charge in [0.05, 0.1) is 12.2 Å². The van der Waals surface area contributed by atoms with Crippen molar-refractivity contribution in [1.29, 1.82) is 0 Å². The van der Waals surface area contributed by atoms with Crippen molar-refractivity contribution in [3.05, 3.63) is 58.6 Å². The van der Waals surface area contributed by atoms with Gasteiger partial charge in [0.2, 0.25) is 0 Å². The highest BCUT2D eigenvalue weighted by Gasteiger charge is 2.23. The molecule has 21 heavy (non-hydrogen) atoms. The van der Waals surface area contributed by atoms with Gasteiger partial charge in [0, 0.05) is 21.6 Å². The molecule has 0 saturated carbocycles. The van der Waals surface area contributed by atoms with Gasteiger partial charge >= 0.3 is 0 Å². The van der Waals surface area contributed by atoms with Gasteiger partial charge in [-0.3, -0.25) is 0 Å². The van der Waals surface area contributed by atoms with Crippen LogP contribution in [0, 0.1) is 0 Å². The van der Waals surface area contributed by atoms with Crippen LogP contribution in [0.1, 0.15) is 17.0 Å². The number of thioether (sulfide) groups is 1. The Kier molecular flexibility index (Phi) is 4.38. The lowest BCUT2D eigenvalue weighted by Crippen LogP contribution is -2.15. The number of hydrogen-bond acceptors (Lipinski definition) is 3. The topological polar surface area (TPSA) is 35.2 Å². The number of ether oxygens (including phenoxy) is 1. The van der Waals surface area contributed by atoms with Crippen LogP contribution >= 0.6 is 35.6 Å². The van der Waals surface area contributed by atoms with Crippen LogP contribution in [0.4, 0.5) is 0 Å². The molecule has 1 aliphatic heterocycles. The summed E-state index contributed by atoms with van der Waals surface area (Å²) in [6.45, 7) is 0.597. The second-order valence-electron chi connectivity index (χ2n) is 4.86. The van der Waals surface area contributed by atoms with Crippen LogP contribution in [0.3, 0.4) is 0 Å². The van der Waals surface area contributed by atoms with Crippen LogP contribution in [0.25, 0.3) is 0 Å². The van der Waals surface area contributed by atoms with Gasteiger partial charge in [-0.1, -0.05) is 42.0 Å². The first-order valence-electron chi connectivity index (χ1n) is 6.59. The summed E-state index contributed by atoms with van der Waals surface area (Å²) in [6.07, 6.45) is 0. The summed E-state index contributed by atoms with van der Waals surface area (Å²) in [4.78, 5) is 1.66. The summed E-state index contributed by atoms with van der Waals surface area (Å²) in [6, 6.07) is 13.8. The van der Waals surface area contributed by atoms with Crippen LogP contribution in [0.15, 0.2) is 47.4 Å². The molecule has 0 radical (unpaired) electrons. The Labute approximate surface area is 138 Å². The molecule has 1 unspecified atom stereocenters. The Morgan fingerprint density at radius 2 is 2.14 bits per heavy atom. The van der Waals surface area contributed by atoms with Gasteiger partial charge in [-0.05, 0) is 29.8 Å². The molecule has 0 aliphatic carbocycles. The van der Waals surface area contributed by atoms with Crippen molar-refractivity contribution in [2.45, 2.75) is 10.8 Å². The van der Waals surface area contributed by atoms with E-state index >= 15 is 0 Å². The third-order valence-electron chi connectivity index (χ3n) is 3.45. The van der Waals surface area contributed by atoms with E-state index in [4.69, 9.17) is 34.3 Å². The zero-order valence-electron chi connectivity index (χ0n) is 11.2. The SMILES string of the molecule is NC(=S)c1ccc(Cl)cc1OCC1CSc2ccccc21. The lowest BCUT2D eigenvalue weighted by Gasteiger charge is -2.15. The van der Waals surface area contributed by atoms with E-state index in [2.05, 4.69) is 24.3 Å². The molecule has 2 aromatic rings. The lowest BCUT2D eigenvalue weighted by atomic mass is 10.0. The van der Waals surface area contributed by atoms with Gasteiger partial charge in [-0.2, -0.15) is 0 Å². The van der Waals surface area contributed by atoms with Crippen molar-refractivity contribution >= 4 is 40.6 Å². The van der Waals surface area contributed by atoms with Gasteiger partial charge in [-0.25, -0.2) is 0 Å². The second-order valence-corrected chi connectivity index (χ2v) is 6.80. The van der Waals surface area contributed by atoms with Crippen molar-refractivity contribution in [3.63, 3.8) is 0 Å². The third-order valence-corrected chi connectivity index (χ3v) is 5.15. The summed E-state index contributed by atoms with van der Waals surface area (Å²) < 4.78 is 5.95. The molecule has 2 N–H and O–H groups in total. The number of fused-ring (bicyclic) bond motifs is 1. The highest BCUT2D eigenvalue weighted by molar-refractivity contribution is 7.99. The van der Waals surface area contributed by atoms with Crippen molar-refractivity contribution in [3.8, 4) is 5.75 Å². The number of halogens is 1. The maximum absolute atomic E-state index is 6.03. The van der Waals surface area contributed by atoms with E-state index in [0.717, 1.165) is 11.3 Å². The minimum Gasteiger partial charge on any atom is -0.492 e. The molecule has 0 saturated heterocycles. The zero-order chi connectivity index (χ0) is 14.8. The minimum absolute atomic E-state index is 0.322. The summed E-state index contributed by atoms with van der Waals surface area (Å²) in [5, 5.41) is 0.617. The lowest BCUT2D eigenvalue weighted by molar-refractivity contribution is 0.297. The molecule has 1 aliphatic rings.